The van der Waals surface area contributed by atoms with Crippen LogP contribution in [0.1, 0.15) is 32.9 Å². The van der Waals surface area contributed by atoms with Gasteiger partial charge < -0.3 is 9.26 Å². The summed E-state index contributed by atoms with van der Waals surface area (Å²) in [5.74, 6) is 2.25. The first-order chi connectivity index (χ1) is 9.61. The molecular formula is C15H17NO3S. The largest absolute Gasteiger partial charge is 0.465 e. The number of aromatic nitrogens is 1. The fraction of sp³-hybridized carbons (Fsp3) is 0.333. The maximum absolute atomic E-state index is 11.5. The summed E-state index contributed by atoms with van der Waals surface area (Å²) in [7, 11) is 1.39. The van der Waals surface area contributed by atoms with E-state index >= 15 is 0 Å². The van der Waals surface area contributed by atoms with Crippen LogP contribution in [0.15, 0.2) is 28.8 Å². The molecule has 0 spiro atoms. The third-order valence-electron chi connectivity index (χ3n) is 3.04. The summed E-state index contributed by atoms with van der Waals surface area (Å²) < 4.78 is 9.86. The number of nitrogens with zero attached hydrogens (tertiary/aromatic N) is 1. The number of ether oxygens (including phenoxy) is 1. The van der Waals surface area contributed by atoms with Gasteiger partial charge in [0.25, 0.3) is 0 Å². The molecule has 2 aromatic rings. The van der Waals surface area contributed by atoms with Gasteiger partial charge in [-0.1, -0.05) is 17.3 Å². The molecule has 1 aromatic heterocycles. The van der Waals surface area contributed by atoms with E-state index in [1.165, 1.54) is 7.11 Å². The monoisotopic (exact) mass is 291 g/mol. The Morgan fingerprint density at radius 3 is 2.80 bits per heavy atom. The molecular weight excluding hydrogens is 274 g/mol. The molecule has 4 nitrogen and oxygen atoms in total. The van der Waals surface area contributed by atoms with Gasteiger partial charge in [-0.15, -0.1) is 0 Å². The van der Waals surface area contributed by atoms with Gasteiger partial charge in [0.2, 0.25) is 0 Å². The molecule has 0 aliphatic carbocycles. The van der Waals surface area contributed by atoms with E-state index in [9.17, 15) is 4.79 Å². The van der Waals surface area contributed by atoms with E-state index in [1.807, 2.05) is 32.0 Å². The third kappa shape index (κ3) is 3.42. The summed E-state index contributed by atoms with van der Waals surface area (Å²) in [6, 6.07) is 7.51. The maximum Gasteiger partial charge on any atom is 0.337 e. The number of aryl methyl sites for hydroxylation is 2. The van der Waals surface area contributed by atoms with Gasteiger partial charge in [-0.25, -0.2) is 4.79 Å². The molecule has 0 fully saturated rings. The second kappa shape index (κ2) is 6.61. The summed E-state index contributed by atoms with van der Waals surface area (Å²) in [5.41, 5.74) is 3.78. The van der Waals surface area contributed by atoms with Gasteiger partial charge in [0.15, 0.2) is 0 Å². The Bertz CT molecular complexity index is 587. The van der Waals surface area contributed by atoms with E-state index in [1.54, 1.807) is 17.8 Å². The SMILES string of the molecule is COC(=O)c1cccc(CSCc2c(C)noc2C)c1. The molecule has 1 heterocycles. The van der Waals surface area contributed by atoms with Gasteiger partial charge in [-0.3, -0.25) is 0 Å². The van der Waals surface area contributed by atoms with Gasteiger partial charge in [0, 0.05) is 17.1 Å². The lowest BCUT2D eigenvalue weighted by Crippen LogP contribution is -2.01. The number of hydrogen-bond acceptors (Lipinski definition) is 5. The van der Waals surface area contributed by atoms with Crippen LogP contribution in [-0.2, 0) is 16.2 Å². The standard InChI is InChI=1S/C15H17NO3S/c1-10-14(11(2)19-16-10)9-20-8-12-5-4-6-13(7-12)15(17)18-3/h4-7H,8-9H2,1-3H3. The lowest BCUT2D eigenvalue weighted by atomic mass is 10.1. The van der Waals surface area contributed by atoms with E-state index in [0.717, 1.165) is 34.1 Å². The Morgan fingerprint density at radius 2 is 2.15 bits per heavy atom. The van der Waals surface area contributed by atoms with E-state index in [4.69, 9.17) is 9.26 Å². The van der Waals surface area contributed by atoms with E-state index in [2.05, 4.69) is 5.16 Å². The predicted octanol–water partition coefficient (Wildman–Crippen LogP) is 3.51. The Morgan fingerprint density at radius 1 is 1.35 bits per heavy atom. The van der Waals surface area contributed by atoms with Crippen LogP contribution < -0.4 is 0 Å². The van der Waals surface area contributed by atoms with Crippen LogP contribution in [0.4, 0.5) is 0 Å². The number of carbonyl (C=O) groups excluding carboxylic acids is 1. The zero-order chi connectivity index (χ0) is 14.5. The average molecular weight is 291 g/mol. The number of methoxy groups -OCH3 is 1. The molecule has 0 saturated carbocycles. The quantitative estimate of drug-likeness (QED) is 0.789. The van der Waals surface area contributed by atoms with Crippen molar-refractivity contribution < 1.29 is 14.1 Å². The highest BCUT2D eigenvalue weighted by Gasteiger charge is 2.09. The van der Waals surface area contributed by atoms with Crippen LogP contribution in [-0.4, -0.2) is 18.2 Å². The van der Waals surface area contributed by atoms with E-state index in [0.29, 0.717) is 5.56 Å². The van der Waals surface area contributed by atoms with Crippen LogP contribution >= 0.6 is 11.8 Å². The van der Waals surface area contributed by atoms with Crippen LogP contribution in [0.25, 0.3) is 0 Å². The summed E-state index contributed by atoms with van der Waals surface area (Å²) in [6.07, 6.45) is 0. The molecule has 5 heteroatoms. The molecule has 2 rings (SSSR count). The Kier molecular flexibility index (Phi) is 4.84. The fourth-order valence-corrected chi connectivity index (χ4v) is 3.02. The van der Waals surface area contributed by atoms with Gasteiger partial charge in [-0.05, 0) is 31.5 Å². The number of carbonyl (C=O) groups is 1. The highest BCUT2D eigenvalue weighted by atomic mass is 32.2. The highest BCUT2D eigenvalue weighted by Crippen LogP contribution is 2.22. The maximum atomic E-state index is 11.5. The highest BCUT2D eigenvalue weighted by molar-refractivity contribution is 7.97. The Balaban J connectivity index is 1.96. The van der Waals surface area contributed by atoms with Gasteiger partial charge in [0.05, 0.1) is 18.4 Å². The minimum absolute atomic E-state index is 0.303. The summed E-state index contributed by atoms with van der Waals surface area (Å²) >= 11 is 1.77. The third-order valence-corrected chi connectivity index (χ3v) is 4.07. The lowest BCUT2D eigenvalue weighted by molar-refractivity contribution is 0.0600. The Hall–Kier alpha value is -1.75. The molecule has 0 N–H and O–H groups in total. The van der Waals surface area contributed by atoms with Crippen LogP contribution in [0.3, 0.4) is 0 Å². The van der Waals surface area contributed by atoms with E-state index < -0.39 is 0 Å². The first-order valence-corrected chi connectivity index (χ1v) is 7.44. The minimum atomic E-state index is -0.303. The van der Waals surface area contributed by atoms with Gasteiger partial charge in [0.1, 0.15) is 5.76 Å². The van der Waals surface area contributed by atoms with Gasteiger partial charge >= 0.3 is 5.97 Å². The number of thioether (sulfide) groups is 1. The zero-order valence-corrected chi connectivity index (χ0v) is 12.6. The van der Waals surface area contributed by atoms with Crippen LogP contribution in [0.2, 0.25) is 0 Å². The molecule has 0 amide bonds. The molecule has 20 heavy (non-hydrogen) atoms. The van der Waals surface area contributed by atoms with Crippen molar-refractivity contribution in [2.75, 3.05) is 7.11 Å². The van der Waals surface area contributed by atoms with Crippen molar-refractivity contribution in [1.29, 1.82) is 0 Å². The molecule has 0 saturated heterocycles. The second-order valence-corrected chi connectivity index (χ2v) is 5.47. The average Bonchev–Trinajstić information content (AvgIpc) is 2.78. The second-order valence-electron chi connectivity index (χ2n) is 4.49. The topological polar surface area (TPSA) is 52.3 Å². The minimum Gasteiger partial charge on any atom is -0.465 e. The zero-order valence-electron chi connectivity index (χ0n) is 11.8. The van der Waals surface area contributed by atoms with Crippen molar-refractivity contribution >= 4 is 17.7 Å². The first-order valence-electron chi connectivity index (χ1n) is 6.28. The lowest BCUT2D eigenvalue weighted by Gasteiger charge is -2.04. The summed E-state index contributed by atoms with van der Waals surface area (Å²) in [4.78, 5) is 11.5. The molecule has 0 atom stereocenters. The Labute approximate surface area is 122 Å². The van der Waals surface area contributed by atoms with Crippen molar-refractivity contribution in [3.63, 3.8) is 0 Å². The van der Waals surface area contributed by atoms with Crippen molar-refractivity contribution in [2.45, 2.75) is 25.4 Å². The smallest absolute Gasteiger partial charge is 0.337 e. The van der Waals surface area contributed by atoms with Crippen molar-refractivity contribution in [2.24, 2.45) is 0 Å². The van der Waals surface area contributed by atoms with Gasteiger partial charge in [-0.2, -0.15) is 11.8 Å². The van der Waals surface area contributed by atoms with Crippen LogP contribution in [0.5, 0.6) is 0 Å². The van der Waals surface area contributed by atoms with Crippen molar-refractivity contribution in [3.05, 3.63) is 52.4 Å². The molecule has 0 aliphatic rings. The predicted molar refractivity (Wildman–Crippen MR) is 78.8 cm³/mol. The van der Waals surface area contributed by atoms with Crippen molar-refractivity contribution in [3.8, 4) is 0 Å². The van der Waals surface area contributed by atoms with Crippen LogP contribution in [0, 0.1) is 13.8 Å². The van der Waals surface area contributed by atoms with E-state index in [-0.39, 0.29) is 5.97 Å². The molecule has 0 bridgehead atoms. The number of benzene rings is 1. The number of rotatable bonds is 5. The molecule has 1 aromatic carbocycles. The number of hydrogen-bond donors (Lipinski definition) is 0. The summed E-state index contributed by atoms with van der Waals surface area (Å²) in [5, 5.41) is 3.94. The molecule has 106 valence electrons. The first kappa shape index (κ1) is 14.7. The normalized spacial score (nSPS) is 10.6. The molecule has 0 radical (unpaired) electrons. The fourth-order valence-electron chi connectivity index (χ4n) is 1.88. The molecule has 0 aliphatic heterocycles. The molecule has 0 unspecified atom stereocenters. The summed E-state index contributed by atoms with van der Waals surface area (Å²) in [6.45, 7) is 3.87. The number of esters is 1. The van der Waals surface area contributed by atoms with Crippen molar-refractivity contribution in [1.82, 2.24) is 5.16 Å².